The lowest BCUT2D eigenvalue weighted by molar-refractivity contribution is -0.131. The van der Waals surface area contributed by atoms with E-state index in [-0.39, 0.29) is 12.1 Å². The third kappa shape index (κ3) is 2.44. The first-order valence-electron chi connectivity index (χ1n) is 5.49. The molecule has 3 nitrogen and oxygen atoms in total. The van der Waals surface area contributed by atoms with Crippen molar-refractivity contribution in [2.45, 2.75) is 25.6 Å². The Kier molecular flexibility index (Phi) is 3.38. The van der Waals surface area contributed by atoms with E-state index in [1.54, 1.807) is 6.92 Å². The van der Waals surface area contributed by atoms with Crippen LogP contribution in [0.2, 0.25) is 0 Å². The number of hydrogen-bond donors (Lipinski definition) is 1. The van der Waals surface area contributed by atoms with Crippen LogP contribution in [0.4, 0.5) is 8.78 Å². The molecule has 0 bridgehead atoms. The second kappa shape index (κ2) is 4.79. The Morgan fingerprint density at radius 1 is 1.35 bits per heavy atom. The normalized spacial score (nSPS) is 24.7. The predicted octanol–water partition coefficient (Wildman–Crippen LogP) is 1.77. The zero-order valence-electron chi connectivity index (χ0n) is 9.44. The number of benzene rings is 1. The third-order valence-corrected chi connectivity index (χ3v) is 2.87. The lowest BCUT2D eigenvalue weighted by atomic mass is 10.1. The van der Waals surface area contributed by atoms with Gasteiger partial charge in [0.25, 0.3) is 6.43 Å². The van der Waals surface area contributed by atoms with Gasteiger partial charge >= 0.3 is 0 Å². The molecule has 0 saturated carbocycles. The number of rotatable bonds is 3. The number of hydrogen-bond acceptors (Lipinski definition) is 2. The first-order valence-corrected chi connectivity index (χ1v) is 5.49. The molecule has 92 valence electrons. The summed E-state index contributed by atoms with van der Waals surface area (Å²) >= 11 is 0. The summed E-state index contributed by atoms with van der Waals surface area (Å²) in [5, 5.41) is 3.02. The van der Waals surface area contributed by atoms with Crippen LogP contribution in [0.5, 0.6) is 0 Å². The molecule has 5 heteroatoms. The van der Waals surface area contributed by atoms with Crippen molar-refractivity contribution in [3.8, 4) is 0 Å². The average molecular weight is 240 g/mol. The molecule has 0 spiro atoms. The monoisotopic (exact) mass is 240 g/mol. The summed E-state index contributed by atoms with van der Waals surface area (Å²) in [4.78, 5) is 13.2. The molecular formula is C12H14F2N2O. The van der Waals surface area contributed by atoms with Gasteiger partial charge in [-0.2, -0.15) is 0 Å². The summed E-state index contributed by atoms with van der Waals surface area (Å²) in [6.45, 7) is 1.19. The molecule has 1 saturated heterocycles. The summed E-state index contributed by atoms with van der Waals surface area (Å²) in [7, 11) is 0. The SMILES string of the molecule is CC1NC(c2ccccc2)C(=O)N1CC(F)F. The summed E-state index contributed by atoms with van der Waals surface area (Å²) in [6.07, 6.45) is -2.86. The van der Waals surface area contributed by atoms with Crippen molar-refractivity contribution in [2.24, 2.45) is 0 Å². The summed E-state index contributed by atoms with van der Waals surface area (Å²) in [5.74, 6) is -0.288. The van der Waals surface area contributed by atoms with Gasteiger partial charge < -0.3 is 4.90 Å². The molecule has 2 rings (SSSR count). The van der Waals surface area contributed by atoms with Crippen molar-refractivity contribution in [1.29, 1.82) is 0 Å². The molecule has 1 aliphatic rings. The molecule has 1 aliphatic heterocycles. The Balaban J connectivity index is 2.16. The van der Waals surface area contributed by atoms with E-state index >= 15 is 0 Å². The number of alkyl halides is 2. The Labute approximate surface area is 98.4 Å². The van der Waals surface area contributed by atoms with Crippen LogP contribution in [0.3, 0.4) is 0 Å². The fraction of sp³-hybridized carbons (Fsp3) is 0.417. The molecule has 0 radical (unpaired) electrons. The van der Waals surface area contributed by atoms with Crippen LogP contribution >= 0.6 is 0 Å². The number of nitrogens with zero attached hydrogens (tertiary/aromatic N) is 1. The average Bonchev–Trinajstić information content (AvgIpc) is 2.58. The van der Waals surface area contributed by atoms with Gasteiger partial charge in [0.1, 0.15) is 6.04 Å². The van der Waals surface area contributed by atoms with Gasteiger partial charge in [-0.25, -0.2) is 8.78 Å². The minimum Gasteiger partial charge on any atom is -0.320 e. The van der Waals surface area contributed by atoms with Gasteiger partial charge in [0, 0.05) is 0 Å². The molecule has 2 unspecified atom stereocenters. The second-order valence-corrected chi connectivity index (χ2v) is 4.07. The van der Waals surface area contributed by atoms with Crippen molar-refractivity contribution in [3.63, 3.8) is 0 Å². The molecule has 1 amide bonds. The van der Waals surface area contributed by atoms with Gasteiger partial charge in [0.2, 0.25) is 5.91 Å². The van der Waals surface area contributed by atoms with Gasteiger partial charge in [0.05, 0.1) is 12.7 Å². The summed E-state index contributed by atoms with van der Waals surface area (Å²) in [6, 6.07) is 8.62. The quantitative estimate of drug-likeness (QED) is 0.873. The van der Waals surface area contributed by atoms with Crippen molar-refractivity contribution >= 4 is 5.91 Å². The van der Waals surface area contributed by atoms with E-state index in [2.05, 4.69) is 5.32 Å². The van der Waals surface area contributed by atoms with Crippen LogP contribution < -0.4 is 5.32 Å². The van der Waals surface area contributed by atoms with Crippen LogP contribution in [0.1, 0.15) is 18.5 Å². The zero-order chi connectivity index (χ0) is 12.4. The maximum Gasteiger partial charge on any atom is 0.255 e. The molecule has 0 aliphatic carbocycles. The third-order valence-electron chi connectivity index (χ3n) is 2.87. The number of amides is 1. The van der Waals surface area contributed by atoms with E-state index in [1.165, 1.54) is 4.90 Å². The zero-order valence-corrected chi connectivity index (χ0v) is 9.44. The summed E-state index contributed by atoms with van der Waals surface area (Å²) < 4.78 is 24.7. The highest BCUT2D eigenvalue weighted by Crippen LogP contribution is 2.24. The largest absolute Gasteiger partial charge is 0.320 e. The predicted molar refractivity (Wildman–Crippen MR) is 59.5 cm³/mol. The highest BCUT2D eigenvalue weighted by atomic mass is 19.3. The fourth-order valence-electron chi connectivity index (χ4n) is 2.04. The second-order valence-electron chi connectivity index (χ2n) is 4.07. The van der Waals surface area contributed by atoms with E-state index in [0.717, 1.165) is 5.56 Å². The Bertz CT molecular complexity index is 397. The van der Waals surface area contributed by atoms with Gasteiger partial charge in [-0.1, -0.05) is 30.3 Å². The minimum absolute atomic E-state index is 0.288. The smallest absolute Gasteiger partial charge is 0.255 e. The molecule has 2 atom stereocenters. The van der Waals surface area contributed by atoms with Crippen molar-refractivity contribution < 1.29 is 13.6 Å². The maximum atomic E-state index is 12.3. The lowest BCUT2D eigenvalue weighted by Gasteiger charge is -2.19. The van der Waals surface area contributed by atoms with Crippen molar-refractivity contribution in [2.75, 3.05) is 6.54 Å². The minimum atomic E-state index is -2.50. The maximum absolute atomic E-state index is 12.3. The Morgan fingerprint density at radius 2 is 2.00 bits per heavy atom. The van der Waals surface area contributed by atoms with E-state index in [0.29, 0.717) is 0 Å². The molecule has 1 fully saturated rings. The van der Waals surface area contributed by atoms with Crippen LogP contribution in [0, 0.1) is 0 Å². The molecule has 0 aromatic heterocycles. The van der Waals surface area contributed by atoms with Crippen LogP contribution in [-0.4, -0.2) is 29.9 Å². The topological polar surface area (TPSA) is 32.3 Å². The molecular weight excluding hydrogens is 226 g/mol. The van der Waals surface area contributed by atoms with E-state index in [1.807, 2.05) is 30.3 Å². The highest BCUT2D eigenvalue weighted by molar-refractivity contribution is 5.85. The van der Waals surface area contributed by atoms with Gasteiger partial charge in [-0.15, -0.1) is 0 Å². The first-order chi connectivity index (χ1) is 8.09. The molecule has 1 aromatic carbocycles. The molecule has 1 aromatic rings. The van der Waals surface area contributed by atoms with E-state index in [9.17, 15) is 13.6 Å². The standard InChI is InChI=1S/C12H14F2N2O/c1-8-15-11(9-5-3-2-4-6-9)12(17)16(8)7-10(13)14/h2-6,8,10-11,15H,7H2,1H3. The van der Waals surface area contributed by atoms with Gasteiger partial charge in [-0.05, 0) is 12.5 Å². The van der Waals surface area contributed by atoms with Crippen LogP contribution in [-0.2, 0) is 4.79 Å². The van der Waals surface area contributed by atoms with Gasteiger partial charge in [0.15, 0.2) is 0 Å². The van der Waals surface area contributed by atoms with Gasteiger partial charge in [-0.3, -0.25) is 10.1 Å². The number of nitrogens with one attached hydrogen (secondary N) is 1. The number of halogens is 2. The Hall–Kier alpha value is -1.49. The van der Waals surface area contributed by atoms with Crippen LogP contribution in [0.15, 0.2) is 30.3 Å². The highest BCUT2D eigenvalue weighted by Gasteiger charge is 2.38. The van der Waals surface area contributed by atoms with E-state index in [4.69, 9.17) is 0 Å². The number of carbonyl (C=O) groups is 1. The Morgan fingerprint density at radius 3 is 2.59 bits per heavy atom. The molecule has 1 heterocycles. The number of carbonyl (C=O) groups excluding carboxylic acids is 1. The van der Waals surface area contributed by atoms with Crippen molar-refractivity contribution in [3.05, 3.63) is 35.9 Å². The van der Waals surface area contributed by atoms with Crippen molar-refractivity contribution in [1.82, 2.24) is 10.2 Å². The lowest BCUT2D eigenvalue weighted by Crippen LogP contribution is -2.38. The summed E-state index contributed by atoms with van der Waals surface area (Å²) in [5.41, 5.74) is 0.807. The molecule has 1 N–H and O–H groups in total. The fourth-order valence-corrected chi connectivity index (χ4v) is 2.04. The van der Waals surface area contributed by atoms with E-state index < -0.39 is 19.0 Å². The first kappa shape index (κ1) is 12.0. The van der Waals surface area contributed by atoms with Crippen LogP contribution in [0.25, 0.3) is 0 Å². The molecule has 17 heavy (non-hydrogen) atoms.